The molecule has 0 heterocycles. The van der Waals surface area contributed by atoms with Gasteiger partial charge in [-0.15, -0.1) is 0 Å². The molecule has 4 heteroatoms. The number of anilines is 1. The van der Waals surface area contributed by atoms with Gasteiger partial charge in [-0.05, 0) is 58.8 Å². The van der Waals surface area contributed by atoms with Gasteiger partial charge in [0.2, 0.25) is 0 Å². The monoisotopic (exact) mass is 344 g/mol. The molecule has 3 N–H and O–H groups in total. The minimum absolute atomic E-state index is 0.00490. The first-order valence-electron chi connectivity index (χ1n) is 6.90. The van der Waals surface area contributed by atoms with Gasteiger partial charge in [-0.25, -0.2) is 0 Å². The largest absolute Gasteiger partial charge is 0.378 e. The Labute approximate surface area is 129 Å². The number of halogens is 2. The van der Waals surface area contributed by atoms with E-state index in [0.717, 1.165) is 27.5 Å². The number of nitrogens with one attached hydrogen (secondary N) is 1. The van der Waals surface area contributed by atoms with Crippen LogP contribution in [0.4, 0.5) is 5.69 Å². The molecule has 0 aromatic heterocycles. The highest BCUT2D eigenvalue weighted by Gasteiger charge is 2.39. The van der Waals surface area contributed by atoms with Crippen molar-refractivity contribution in [3.63, 3.8) is 0 Å². The van der Waals surface area contributed by atoms with Gasteiger partial charge >= 0.3 is 0 Å². The van der Waals surface area contributed by atoms with Crippen molar-refractivity contribution in [3.05, 3.63) is 27.7 Å². The fourth-order valence-corrected chi connectivity index (χ4v) is 3.60. The summed E-state index contributed by atoms with van der Waals surface area (Å²) in [5.74, 6) is 1.31. The summed E-state index contributed by atoms with van der Waals surface area (Å²) in [5, 5.41) is 4.41. The molecular formula is C15H22BrClN2. The smallest absolute Gasteiger partial charge is 0.0549 e. The van der Waals surface area contributed by atoms with E-state index in [1.54, 1.807) is 0 Å². The molecule has 0 amide bonds. The Balaban J connectivity index is 2.23. The molecule has 1 aromatic rings. The van der Waals surface area contributed by atoms with E-state index < -0.39 is 0 Å². The van der Waals surface area contributed by atoms with Crippen LogP contribution in [-0.4, -0.2) is 12.1 Å². The Bertz CT molecular complexity index is 452. The number of hydrogen-bond donors (Lipinski definition) is 2. The Morgan fingerprint density at radius 1 is 1.42 bits per heavy atom. The van der Waals surface area contributed by atoms with Crippen LogP contribution in [0.5, 0.6) is 0 Å². The molecule has 3 unspecified atom stereocenters. The zero-order valence-electron chi connectivity index (χ0n) is 11.5. The van der Waals surface area contributed by atoms with E-state index in [-0.39, 0.29) is 5.54 Å². The normalized spacial score (nSPS) is 31.2. The summed E-state index contributed by atoms with van der Waals surface area (Å²) < 4.78 is 0.919. The number of hydrogen-bond acceptors (Lipinski definition) is 2. The Morgan fingerprint density at radius 2 is 2.16 bits per heavy atom. The summed E-state index contributed by atoms with van der Waals surface area (Å²) in [7, 11) is 0. The summed E-state index contributed by atoms with van der Waals surface area (Å²) in [6, 6.07) is 5.97. The van der Waals surface area contributed by atoms with Crippen LogP contribution < -0.4 is 11.1 Å². The third-order valence-corrected chi connectivity index (χ3v) is 5.64. The molecule has 1 aliphatic carbocycles. The fourth-order valence-electron chi connectivity index (χ4n) is 3.11. The van der Waals surface area contributed by atoms with Gasteiger partial charge in [-0.1, -0.05) is 31.9 Å². The first kappa shape index (κ1) is 15.1. The van der Waals surface area contributed by atoms with Crippen molar-refractivity contribution in [1.82, 2.24) is 0 Å². The van der Waals surface area contributed by atoms with Crippen LogP contribution >= 0.6 is 27.5 Å². The number of rotatable bonds is 3. The van der Waals surface area contributed by atoms with Gasteiger partial charge < -0.3 is 11.1 Å². The van der Waals surface area contributed by atoms with Crippen LogP contribution in [0.3, 0.4) is 0 Å². The quantitative estimate of drug-likeness (QED) is 0.835. The van der Waals surface area contributed by atoms with Gasteiger partial charge in [0.05, 0.1) is 10.6 Å². The molecule has 1 fully saturated rings. The molecule has 0 spiro atoms. The molecule has 3 atom stereocenters. The van der Waals surface area contributed by atoms with Crippen LogP contribution in [0.2, 0.25) is 5.02 Å². The first-order valence-corrected chi connectivity index (χ1v) is 8.07. The molecule has 2 nitrogen and oxygen atoms in total. The predicted molar refractivity (Wildman–Crippen MR) is 86.7 cm³/mol. The number of nitrogens with two attached hydrogens (primary N) is 1. The Hall–Kier alpha value is -0.250. The van der Waals surface area contributed by atoms with Gasteiger partial charge in [0.15, 0.2) is 0 Å². The van der Waals surface area contributed by atoms with E-state index in [2.05, 4.69) is 35.1 Å². The van der Waals surface area contributed by atoms with Crippen molar-refractivity contribution in [2.24, 2.45) is 17.6 Å². The highest BCUT2D eigenvalue weighted by atomic mass is 79.9. The third-order valence-electron chi connectivity index (χ3n) is 4.43. The molecular weight excluding hydrogens is 324 g/mol. The van der Waals surface area contributed by atoms with Crippen LogP contribution in [-0.2, 0) is 0 Å². The second-order valence-corrected chi connectivity index (χ2v) is 7.16. The highest BCUT2D eigenvalue weighted by molar-refractivity contribution is 9.10. The molecule has 2 rings (SSSR count). The molecule has 1 aromatic carbocycles. The molecule has 1 saturated carbocycles. The van der Waals surface area contributed by atoms with Gasteiger partial charge in [-0.2, -0.15) is 0 Å². The second-order valence-electron chi connectivity index (χ2n) is 5.90. The van der Waals surface area contributed by atoms with Crippen LogP contribution in [0.15, 0.2) is 22.7 Å². The summed E-state index contributed by atoms with van der Waals surface area (Å²) in [5.41, 5.74) is 7.20. The molecule has 0 aliphatic heterocycles. The van der Waals surface area contributed by atoms with Crippen molar-refractivity contribution >= 4 is 33.2 Å². The zero-order valence-corrected chi connectivity index (χ0v) is 13.9. The minimum atomic E-state index is 0.00490. The summed E-state index contributed by atoms with van der Waals surface area (Å²) in [4.78, 5) is 0. The minimum Gasteiger partial charge on any atom is -0.378 e. The topological polar surface area (TPSA) is 38.0 Å². The lowest BCUT2D eigenvalue weighted by molar-refractivity contribution is 0.188. The van der Waals surface area contributed by atoms with Gasteiger partial charge in [0, 0.05) is 16.7 Å². The average molecular weight is 346 g/mol. The fraction of sp³-hybridized carbons (Fsp3) is 0.600. The summed E-state index contributed by atoms with van der Waals surface area (Å²) in [6.07, 6.45) is 3.67. The maximum Gasteiger partial charge on any atom is 0.0549 e. The van der Waals surface area contributed by atoms with Gasteiger partial charge in [-0.3, -0.25) is 0 Å². The van der Waals surface area contributed by atoms with Crippen molar-refractivity contribution in [2.75, 3.05) is 11.9 Å². The van der Waals surface area contributed by atoms with Gasteiger partial charge in [0.25, 0.3) is 0 Å². The van der Waals surface area contributed by atoms with Crippen LogP contribution in [0.1, 0.15) is 33.1 Å². The molecule has 1 aliphatic rings. The lowest BCUT2D eigenvalue weighted by Gasteiger charge is -2.45. The Morgan fingerprint density at radius 3 is 2.79 bits per heavy atom. The van der Waals surface area contributed by atoms with E-state index in [9.17, 15) is 0 Å². The summed E-state index contributed by atoms with van der Waals surface area (Å²) in [6.45, 7) is 5.28. The molecule has 19 heavy (non-hydrogen) atoms. The molecule has 0 bridgehead atoms. The summed E-state index contributed by atoms with van der Waals surface area (Å²) >= 11 is 9.52. The standard InChI is InChI=1S/C15H22BrClN2/c1-10-3-4-11(2)15(8-10,9-18)19-12-5-6-14(17)13(16)7-12/h5-7,10-11,19H,3-4,8-9,18H2,1-2H3. The zero-order chi connectivity index (χ0) is 14.0. The maximum absolute atomic E-state index is 6.11. The van der Waals surface area contributed by atoms with Crippen molar-refractivity contribution in [2.45, 2.75) is 38.6 Å². The lowest BCUT2D eigenvalue weighted by Crippen LogP contribution is -2.54. The lowest BCUT2D eigenvalue weighted by atomic mass is 9.69. The van der Waals surface area contributed by atoms with Crippen molar-refractivity contribution < 1.29 is 0 Å². The maximum atomic E-state index is 6.11. The van der Waals surface area contributed by atoms with E-state index in [4.69, 9.17) is 17.3 Å². The van der Waals surface area contributed by atoms with E-state index in [1.165, 1.54) is 12.8 Å². The SMILES string of the molecule is CC1CCC(C)C(CN)(Nc2ccc(Cl)c(Br)c2)C1. The van der Waals surface area contributed by atoms with Gasteiger partial charge in [0.1, 0.15) is 0 Å². The van der Waals surface area contributed by atoms with E-state index >= 15 is 0 Å². The van der Waals surface area contributed by atoms with Crippen molar-refractivity contribution in [3.8, 4) is 0 Å². The van der Waals surface area contributed by atoms with Crippen LogP contribution in [0.25, 0.3) is 0 Å². The van der Waals surface area contributed by atoms with E-state index in [0.29, 0.717) is 12.5 Å². The highest BCUT2D eigenvalue weighted by Crippen LogP contribution is 2.39. The van der Waals surface area contributed by atoms with Crippen LogP contribution in [0, 0.1) is 11.8 Å². The number of benzene rings is 1. The second kappa shape index (κ2) is 6.02. The molecule has 0 radical (unpaired) electrons. The molecule has 0 saturated heterocycles. The van der Waals surface area contributed by atoms with E-state index in [1.807, 2.05) is 18.2 Å². The van der Waals surface area contributed by atoms with Crippen molar-refractivity contribution in [1.29, 1.82) is 0 Å². The average Bonchev–Trinajstić information content (AvgIpc) is 2.38. The third kappa shape index (κ3) is 3.26. The Kier molecular flexibility index (Phi) is 4.80. The first-order chi connectivity index (χ1) is 8.97. The predicted octanol–water partition coefficient (Wildman–Crippen LogP) is 4.67. The molecule has 106 valence electrons.